The van der Waals surface area contributed by atoms with Gasteiger partial charge in [-0.15, -0.1) is 0 Å². The fourth-order valence-corrected chi connectivity index (χ4v) is 3.48. The monoisotopic (exact) mass is 339 g/mol. The molecule has 25 heavy (non-hydrogen) atoms. The number of nitrogens with zero attached hydrogens (tertiary/aromatic N) is 4. The number of benzene rings is 1. The van der Waals surface area contributed by atoms with Crippen LogP contribution in [0.1, 0.15) is 18.1 Å². The molecule has 0 unspecified atom stereocenters. The molecule has 3 aromatic rings. The third-order valence-corrected chi connectivity index (χ3v) is 5.02. The summed E-state index contributed by atoms with van der Waals surface area (Å²) >= 11 is 0. The van der Waals surface area contributed by atoms with Crippen molar-refractivity contribution in [1.82, 2.24) is 19.1 Å². The Hall–Kier alpha value is -2.83. The van der Waals surface area contributed by atoms with E-state index in [9.17, 15) is 9.59 Å². The number of H-pyrrole nitrogens is 1. The van der Waals surface area contributed by atoms with Gasteiger partial charge in [0.2, 0.25) is 5.95 Å². The third-order valence-electron chi connectivity index (χ3n) is 5.02. The number of rotatable bonds is 1. The van der Waals surface area contributed by atoms with Gasteiger partial charge in [0.05, 0.1) is 0 Å². The van der Waals surface area contributed by atoms with Crippen molar-refractivity contribution in [2.45, 2.75) is 27.3 Å². The van der Waals surface area contributed by atoms with Crippen molar-refractivity contribution in [2.24, 2.45) is 13.0 Å². The van der Waals surface area contributed by atoms with E-state index in [0.717, 1.165) is 12.2 Å². The number of hydrogen-bond donors (Lipinski definition) is 1. The fourth-order valence-electron chi connectivity index (χ4n) is 3.48. The van der Waals surface area contributed by atoms with Gasteiger partial charge in [0.15, 0.2) is 11.2 Å². The normalized spacial score (nSPS) is 17.1. The van der Waals surface area contributed by atoms with Crippen molar-refractivity contribution < 1.29 is 0 Å². The van der Waals surface area contributed by atoms with Gasteiger partial charge in [0.25, 0.3) is 5.56 Å². The molecular formula is C18H21N5O2. The second-order valence-electron chi connectivity index (χ2n) is 7.00. The van der Waals surface area contributed by atoms with E-state index in [1.807, 2.05) is 4.57 Å². The molecule has 3 heterocycles. The van der Waals surface area contributed by atoms with Crippen LogP contribution in [0.2, 0.25) is 0 Å². The average Bonchev–Trinajstić information content (AvgIpc) is 2.94. The van der Waals surface area contributed by atoms with Crippen LogP contribution in [0, 0.1) is 19.8 Å². The summed E-state index contributed by atoms with van der Waals surface area (Å²) < 4.78 is 3.32. The molecular weight excluding hydrogens is 318 g/mol. The second-order valence-corrected chi connectivity index (χ2v) is 7.00. The molecule has 2 aromatic heterocycles. The maximum atomic E-state index is 12.4. The number of imidazole rings is 1. The van der Waals surface area contributed by atoms with E-state index in [1.165, 1.54) is 15.7 Å². The Kier molecular flexibility index (Phi) is 3.35. The second kappa shape index (κ2) is 5.34. The highest BCUT2D eigenvalue weighted by Gasteiger charge is 2.28. The van der Waals surface area contributed by atoms with Gasteiger partial charge in [-0.3, -0.25) is 14.3 Å². The number of anilines is 2. The van der Waals surface area contributed by atoms with Crippen molar-refractivity contribution in [3.05, 3.63) is 50.2 Å². The predicted molar refractivity (Wildman–Crippen MR) is 97.7 cm³/mol. The number of fused-ring (bicyclic) bond motifs is 3. The molecule has 1 atom stereocenters. The molecule has 1 N–H and O–H groups in total. The molecule has 7 nitrogen and oxygen atoms in total. The standard InChI is InChI=1S/C18H21N5O2/c1-10-8-22(13-6-5-11(2)12(3)7-13)17-19-15-14(23(17)9-10)16(24)20-18(25)21(15)4/h5-7,10H,8-9H2,1-4H3,(H,20,24,25)/t10-/m0/s1. The van der Waals surface area contributed by atoms with Gasteiger partial charge in [-0.05, 0) is 43.0 Å². The van der Waals surface area contributed by atoms with Gasteiger partial charge < -0.3 is 9.47 Å². The lowest BCUT2D eigenvalue weighted by Crippen LogP contribution is -2.35. The summed E-state index contributed by atoms with van der Waals surface area (Å²) in [5.74, 6) is 1.06. The largest absolute Gasteiger partial charge is 0.329 e. The molecule has 1 aromatic carbocycles. The quantitative estimate of drug-likeness (QED) is 0.734. The van der Waals surface area contributed by atoms with Crippen LogP contribution in [0.4, 0.5) is 11.6 Å². The van der Waals surface area contributed by atoms with Crippen LogP contribution in [-0.4, -0.2) is 25.6 Å². The van der Waals surface area contributed by atoms with Gasteiger partial charge in [-0.1, -0.05) is 13.0 Å². The third kappa shape index (κ3) is 2.30. The van der Waals surface area contributed by atoms with Gasteiger partial charge in [-0.25, -0.2) is 4.79 Å². The summed E-state index contributed by atoms with van der Waals surface area (Å²) in [5.41, 5.74) is 3.55. The number of hydrogen-bond acceptors (Lipinski definition) is 4. The van der Waals surface area contributed by atoms with E-state index < -0.39 is 5.69 Å². The van der Waals surface area contributed by atoms with Crippen molar-refractivity contribution >= 4 is 22.8 Å². The lowest BCUT2D eigenvalue weighted by atomic mass is 10.1. The number of aromatic amines is 1. The lowest BCUT2D eigenvalue weighted by Gasteiger charge is -2.33. The van der Waals surface area contributed by atoms with E-state index in [2.05, 4.69) is 53.8 Å². The van der Waals surface area contributed by atoms with Crippen LogP contribution in [-0.2, 0) is 13.6 Å². The van der Waals surface area contributed by atoms with Crippen molar-refractivity contribution in [3.8, 4) is 0 Å². The number of nitrogens with one attached hydrogen (secondary N) is 1. The molecule has 0 saturated heterocycles. The van der Waals surface area contributed by atoms with E-state index in [0.29, 0.717) is 29.6 Å². The summed E-state index contributed by atoms with van der Waals surface area (Å²) in [6.07, 6.45) is 0. The molecule has 0 spiro atoms. The Morgan fingerprint density at radius 2 is 1.92 bits per heavy atom. The molecule has 1 aliphatic heterocycles. The summed E-state index contributed by atoms with van der Waals surface area (Å²) in [4.78, 5) is 33.5. The zero-order valence-corrected chi connectivity index (χ0v) is 14.8. The maximum Gasteiger partial charge on any atom is 0.329 e. The smallest absolute Gasteiger partial charge is 0.312 e. The van der Waals surface area contributed by atoms with Crippen LogP contribution < -0.4 is 16.1 Å². The highest BCUT2D eigenvalue weighted by molar-refractivity contribution is 5.77. The van der Waals surface area contributed by atoms with Crippen LogP contribution >= 0.6 is 0 Å². The Morgan fingerprint density at radius 1 is 1.16 bits per heavy atom. The highest BCUT2D eigenvalue weighted by atomic mass is 16.2. The number of aryl methyl sites for hydroxylation is 3. The zero-order chi connectivity index (χ0) is 17.9. The first kappa shape index (κ1) is 15.7. The molecule has 0 fully saturated rings. The van der Waals surface area contributed by atoms with E-state index in [1.54, 1.807) is 7.05 Å². The Labute approximate surface area is 144 Å². The predicted octanol–water partition coefficient (Wildman–Crippen LogP) is 1.83. The molecule has 0 saturated carbocycles. The Bertz CT molecular complexity index is 1110. The minimum atomic E-state index is -0.446. The molecule has 0 radical (unpaired) electrons. The minimum absolute atomic E-state index is 0.350. The van der Waals surface area contributed by atoms with Crippen LogP contribution in [0.3, 0.4) is 0 Å². The van der Waals surface area contributed by atoms with E-state index in [4.69, 9.17) is 0 Å². The first-order valence-corrected chi connectivity index (χ1v) is 8.41. The Balaban J connectivity index is 2.00. The first-order valence-electron chi connectivity index (χ1n) is 8.41. The van der Waals surface area contributed by atoms with Crippen molar-refractivity contribution in [2.75, 3.05) is 11.4 Å². The average molecular weight is 339 g/mol. The van der Waals surface area contributed by atoms with Crippen LogP contribution in [0.5, 0.6) is 0 Å². The molecule has 4 rings (SSSR count). The van der Waals surface area contributed by atoms with Crippen LogP contribution in [0.15, 0.2) is 27.8 Å². The first-order chi connectivity index (χ1) is 11.9. The summed E-state index contributed by atoms with van der Waals surface area (Å²) in [5, 5.41) is 0. The van der Waals surface area contributed by atoms with Gasteiger partial charge in [0, 0.05) is 25.8 Å². The zero-order valence-electron chi connectivity index (χ0n) is 14.8. The molecule has 0 aliphatic carbocycles. The summed E-state index contributed by atoms with van der Waals surface area (Å²) in [7, 11) is 1.63. The minimum Gasteiger partial charge on any atom is -0.312 e. The van der Waals surface area contributed by atoms with Crippen molar-refractivity contribution in [3.63, 3.8) is 0 Å². The van der Waals surface area contributed by atoms with E-state index >= 15 is 0 Å². The van der Waals surface area contributed by atoms with Gasteiger partial charge in [0.1, 0.15) is 0 Å². The summed E-state index contributed by atoms with van der Waals surface area (Å²) in [6.45, 7) is 7.84. The topological polar surface area (TPSA) is 75.9 Å². The Morgan fingerprint density at radius 3 is 2.64 bits per heavy atom. The molecule has 0 amide bonds. The molecule has 130 valence electrons. The lowest BCUT2D eigenvalue weighted by molar-refractivity contribution is 0.458. The van der Waals surface area contributed by atoms with Crippen molar-refractivity contribution in [1.29, 1.82) is 0 Å². The van der Waals surface area contributed by atoms with Crippen LogP contribution in [0.25, 0.3) is 11.2 Å². The van der Waals surface area contributed by atoms with E-state index in [-0.39, 0.29) is 5.56 Å². The van der Waals surface area contributed by atoms with Gasteiger partial charge >= 0.3 is 5.69 Å². The SMILES string of the molecule is Cc1ccc(N2C[C@H](C)Cn3c2nc2c3c(=O)[nH]c(=O)n2C)cc1C. The highest BCUT2D eigenvalue weighted by Crippen LogP contribution is 2.33. The van der Waals surface area contributed by atoms with Gasteiger partial charge in [-0.2, -0.15) is 4.98 Å². The fraction of sp³-hybridized carbons (Fsp3) is 0.389. The maximum absolute atomic E-state index is 12.4. The molecule has 7 heteroatoms. The molecule has 0 bridgehead atoms. The molecule has 1 aliphatic rings. The number of aromatic nitrogens is 4. The summed E-state index contributed by atoms with van der Waals surface area (Å²) in [6, 6.07) is 6.31.